The van der Waals surface area contributed by atoms with E-state index in [2.05, 4.69) is 5.10 Å². The van der Waals surface area contributed by atoms with Crippen molar-refractivity contribution in [2.75, 3.05) is 13.7 Å². The summed E-state index contributed by atoms with van der Waals surface area (Å²) in [5, 5.41) is 4.49. The minimum absolute atomic E-state index is 0.296. The number of ketones is 1. The van der Waals surface area contributed by atoms with Crippen LogP contribution in [0.4, 0.5) is 0 Å². The number of hydrogen-bond acceptors (Lipinski definition) is 5. The molecular formula is C22H20N2O4. The van der Waals surface area contributed by atoms with E-state index in [0.29, 0.717) is 17.0 Å². The first-order chi connectivity index (χ1) is 13.7. The van der Waals surface area contributed by atoms with Gasteiger partial charge in [-0.15, -0.1) is 0 Å². The molecule has 1 aliphatic carbocycles. The highest BCUT2D eigenvalue weighted by atomic mass is 16.5. The predicted octanol–water partition coefficient (Wildman–Crippen LogP) is 3.41. The number of rotatable bonds is 6. The molecule has 0 saturated heterocycles. The molecule has 0 unspecified atom stereocenters. The number of ether oxygens (including phenoxy) is 2. The molecule has 1 aliphatic rings. The number of fused-ring (bicyclic) bond motifs is 1. The van der Waals surface area contributed by atoms with Gasteiger partial charge in [-0.2, -0.15) is 5.10 Å². The van der Waals surface area contributed by atoms with E-state index in [9.17, 15) is 9.59 Å². The molecule has 2 aromatic carbocycles. The number of aromatic nitrogens is 2. The number of esters is 1. The second-order valence-electron chi connectivity index (χ2n) is 6.57. The fourth-order valence-electron chi connectivity index (χ4n) is 3.54. The van der Waals surface area contributed by atoms with Gasteiger partial charge in [0, 0.05) is 11.3 Å². The summed E-state index contributed by atoms with van der Waals surface area (Å²) >= 11 is 0. The van der Waals surface area contributed by atoms with Gasteiger partial charge in [0.15, 0.2) is 12.3 Å². The molecule has 0 spiro atoms. The third-order valence-electron chi connectivity index (χ3n) is 4.87. The van der Waals surface area contributed by atoms with Crippen LogP contribution in [0.3, 0.4) is 0 Å². The van der Waals surface area contributed by atoms with E-state index in [-0.39, 0.29) is 12.4 Å². The summed E-state index contributed by atoms with van der Waals surface area (Å²) in [4.78, 5) is 25.1. The van der Waals surface area contributed by atoms with Crippen LogP contribution in [0.15, 0.2) is 54.6 Å². The van der Waals surface area contributed by atoms with Crippen molar-refractivity contribution >= 4 is 11.8 Å². The number of methoxy groups -OCH3 is 1. The van der Waals surface area contributed by atoms with Gasteiger partial charge in [0.1, 0.15) is 5.75 Å². The summed E-state index contributed by atoms with van der Waals surface area (Å²) in [5.41, 5.74) is 3.54. The van der Waals surface area contributed by atoms with E-state index in [4.69, 9.17) is 9.47 Å². The fraction of sp³-hybridized carbons (Fsp3) is 0.227. The van der Waals surface area contributed by atoms with Gasteiger partial charge in [-0.1, -0.05) is 30.3 Å². The zero-order chi connectivity index (χ0) is 19.5. The summed E-state index contributed by atoms with van der Waals surface area (Å²) in [7, 11) is 1.50. The second kappa shape index (κ2) is 7.68. The molecule has 4 rings (SSSR count). The van der Waals surface area contributed by atoms with Crippen LogP contribution in [0.25, 0.3) is 5.69 Å². The smallest absolute Gasteiger partial charge is 0.359 e. The van der Waals surface area contributed by atoms with Gasteiger partial charge in [-0.05, 0) is 43.5 Å². The van der Waals surface area contributed by atoms with Crippen LogP contribution in [-0.4, -0.2) is 35.2 Å². The lowest BCUT2D eigenvalue weighted by molar-refractivity contribution is 0.0466. The van der Waals surface area contributed by atoms with Crippen molar-refractivity contribution in [1.82, 2.24) is 9.78 Å². The topological polar surface area (TPSA) is 70.4 Å². The molecule has 0 saturated carbocycles. The maximum Gasteiger partial charge on any atom is 0.359 e. The van der Waals surface area contributed by atoms with Crippen LogP contribution < -0.4 is 4.74 Å². The van der Waals surface area contributed by atoms with Crippen molar-refractivity contribution in [2.45, 2.75) is 19.3 Å². The van der Waals surface area contributed by atoms with Crippen LogP contribution in [-0.2, 0) is 17.6 Å². The number of para-hydroxylation sites is 2. The summed E-state index contributed by atoms with van der Waals surface area (Å²) in [5.74, 6) is -0.432. The number of hydrogen-bond donors (Lipinski definition) is 0. The van der Waals surface area contributed by atoms with Gasteiger partial charge in [-0.25, -0.2) is 9.48 Å². The molecule has 1 heterocycles. The molecule has 28 heavy (non-hydrogen) atoms. The molecule has 0 N–H and O–H groups in total. The summed E-state index contributed by atoms with van der Waals surface area (Å²) in [6.45, 7) is -0.355. The third-order valence-corrected chi connectivity index (χ3v) is 4.87. The fourth-order valence-corrected chi connectivity index (χ4v) is 3.54. The lowest BCUT2D eigenvalue weighted by atomic mass is 10.1. The molecule has 0 bridgehead atoms. The average Bonchev–Trinajstić information content (AvgIpc) is 3.35. The zero-order valence-electron chi connectivity index (χ0n) is 15.6. The maximum absolute atomic E-state index is 12.7. The molecule has 0 atom stereocenters. The van der Waals surface area contributed by atoms with Crippen molar-refractivity contribution in [3.8, 4) is 11.4 Å². The minimum Gasteiger partial charge on any atom is -0.496 e. The highest BCUT2D eigenvalue weighted by Gasteiger charge is 2.28. The van der Waals surface area contributed by atoms with Crippen molar-refractivity contribution in [3.05, 3.63) is 77.1 Å². The molecule has 0 amide bonds. The SMILES string of the molecule is COc1ccccc1C(=O)COC(=O)c1nn(-c2ccccc2)c2c1CCC2. The van der Waals surface area contributed by atoms with E-state index in [0.717, 1.165) is 36.2 Å². The van der Waals surface area contributed by atoms with Gasteiger partial charge in [-0.3, -0.25) is 4.79 Å². The van der Waals surface area contributed by atoms with Crippen molar-refractivity contribution in [1.29, 1.82) is 0 Å². The number of nitrogens with zero attached hydrogens (tertiary/aromatic N) is 2. The molecule has 0 aliphatic heterocycles. The van der Waals surface area contributed by atoms with Crippen LogP contribution in [0.1, 0.15) is 38.5 Å². The monoisotopic (exact) mass is 376 g/mol. The van der Waals surface area contributed by atoms with E-state index in [1.165, 1.54) is 7.11 Å². The standard InChI is InChI=1S/C22H20N2O4/c1-27-20-13-6-5-10-17(20)19(25)14-28-22(26)21-16-11-7-12-18(16)24(23-21)15-8-3-2-4-9-15/h2-6,8-10,13H,7,11-12,14H2,1H3. The number of Topliss-reactive ketones (excluding diaryl/α,β-unsaturated/α-hetero) is 1. The van der Waals surface area contributed by atoms with Crippen LogP contribution >= 0.6 is 0 Å². The Hall–Kier alpha value is -3.41. The third kappa shape index (κ3) is 3.29. The summed E-state index contributed by atoms with van der Waals surface area (Å²) < 4.78 is 12.3. The molecule has 1 aromatic heterocycles. The molecule has 142 valence electrons. The van der Waals surface area contributed by atoms with Crippen LogP contribution in [0.5, 0.6) is 5.75 Å². The van der Waals surface area contributed by atoms with E-state index in [1.807, 2.05) is 30.3 Å². The highest BCUT2D eigenvalue weighted by Crippen LogP contribution is 2.28. The highest BCUT2D eigenvalue weighted by molar-refractivity contribution is 6.01. The Morgan fingerprint density at radius 2 is 1.79 bits per heavy atom. The van der Waals surface area contributed by atoms with Crippen molar-refractivity contribution < 1.29 is 19.1 Å². The first kappa shape index (κ1) is 18.0. The first-order valence-corrected chi connectivity index (χ1v) is 9.18. The van der Waals surface area contributed by atoms with Crippen molar-refractivity contribution in [3.63, 3.8) is 0 Å². The van der Waals surface area contributed by atoms with Crippen LogP contribution in [0.2, 0.25) is 0 Å². The Bertz CT molecular complexity index is 1020. The molecular weight excluding hydrogens is 356 g/mol. The zero-order valence-corrected chi connectivity index (χ0v) is 15.6. The molecule has 0 fully saturated rings. The largest absolute Gasteiger partial charge is 0.496 e. The molecule has 6 heteroatoms. The van der Waals surface area contributed by atoms with Crippen LogP contribution in [0, 0.1) is 0 Å². The van der Waals surface area contributed by atoms with Gasteiger partial charge < -0.3 is 9.47 Å². The Balaban J connectivity index is 1.54. The Morgan fingerprint density at radius 1 is 1.04 bits per heavy atom. The van der Waals surface area contributed by atoms with E-state index in [1.54, 1.807) is 28.9 Å². The molecule has 6 nitrogen and oxygen atoms in total. The lowest BCUT2D eigenvalue weighted by Gasteiger charge is -2.07. The molecule has 0 radical (unpaired) electrons. The first-order valence-electron chi connectivity index (χ1n) is 9.18. The summed E-state index contributed by atoms with van der Waals surface area (Å²) in [6.07, 6.45) is 2.62. The normalized spacial score (nSPS) is 12.5. The minimum atomic E-state index is -0.573. The average molecular weight is 376 g/mol. The number of benzene rings is 2. The number of carbonyl (C=O) groups is 2. The van der Waals surface area contributed by atoms with Gasteiger partial charge in [0.25, 0.3) is 0 Å². The maximum atomic E-state index is 12.7. The quantitative estimate of drug-likeness (QED) is 0.487. The lowest BCUT2D eigenvalue weighted by Crippen LogP contribution is -2.16. The second-order valence-corrected chi connectivity index (χ2v) is 6.57. The Kier molecular flexibility index (Phi) is 4.93. The van der Waals surface area contributed by atoms with E-state index < -0.39 is 5.97 Å². The Morgan fingerprint density at radius 3 is 2.57 bits per heavy atom. The predicted molar refractivity (Wildman–Crippen MR) is 103 cm³/mol. The Labute approximate surface area is 162 Å². The summed E-state index contributed by atoms with van der Waals surface area (Å²) in [6, 6.07) is 16.6. The van der Waals surface area contributed by atoms with Gasteiger partial charge in [0.2, 0.25) is 5.78 Å². The molecule has 3 aromatic rings. The van der Waals surface area contributed by atoms with E-state index >= 15 is 0 Å². The van der Waals surface area contributed by atoms with Gasteiger partial charge >= 0.3 is 5.97 Å². The van der Waals surface area contributed by atoms with Gasteiger partial charge in [0.05, 0.1) is 18.4 Å². The van der Waals surface area contributed by atoms with Crippen molar-refractivity contribution in [2.24, 2.45) is 0 Å². The number of carbonyl (C=O) groups excluding carboxylic acids is 2.